The zero-order valence-electron chi connectivity index (χ0n) is 12.6. The number of nitrogens with zero attached hydrogens (tertiary/aromatic N) is 3. The van der Waals surface area contributed by atoms with Gasteiger partial charge in [-0.3, -0.25) is 0 Å². The Morgan fingerprint density at radius 3 is 2.74 bits per heavy atom. The van der Waals surface area contributed by atoms with Crippen LogP contribution in [0.15, 0.2) is 47.6 Å². The highest BCUT2D eigenvalue weighted by Gasteiger charge is 2.41. The van der Waals surface area contributed by atoms with Gasteiger partial charge in [0.15, 0.2) is 15.9 Å². The van der Waals surface area contributed by atoms with E-state index in [4.69, 9.17) is 9.47 Å². The minimum atomic E-state index is -0.762. The van der Waals surface area contributed by atoms with Gasteiger partial charge < -0.3 is 9.47 Å². The summed E-state index contributed by atoms with van der Waals surface area (Å²) < 4.78 is 12.6. The van der Waals surface area contributed by atoms with Crippen molar-refractivity contribution >= 4 is 21.9 Å². The van der Waals surface area contributed by atoms with E-state index in [-0.39, 0.29) is 11.7 Å². The lowest BCUT2D eigenvalue weighted by Crippen LogP contribution is -2.51. The number of halogens is 1. The molecule has 1 aliphatic rings. The third kappa shape index (κ3) is 2.94. The average molecular weight is 378 g/mol. The first-order chi connectivity index (χ1) is 11.1. The van der Waals surface area contributed by atoms with Crippen molar-refractivity contribution < 1.29 is 14.3 Å². The normalized spacial score (nSPS) is 17.1. The van der Waals surface area contributed by atoms with Gasteiger partial charge in [0, 0.05) is 0 Å². The van der Waals surface area contributed by atoms with Crippen LogP contribution < -0.4 is 0 Å². The number of hydrogen-bond acceptors (Lipinski definition) is 5. The van der Waals surface area contributed by atoms with Crippen molar-refractivity contribution in [3.8, 4) is 0 Å². The molecule has 23 heavy (non-hydrogen) atoms. The minimum Gasteiger partial charge on any atom is -0.445 e. The van der Waals surface area contributed by atoms with Gasteiger partial charge in [-0.1, -0.05) is 42.1 Å². The van der Waals surface area contributed by atoms with Gasteiger partial charge in [0.2, 0.25) is 0 Å². The third-order valence-corrected chi connectivity index (χ3v) is 4.39. The fraction of sp³-hybridized carbons (Fsp3) is 0.312. The topological polar surface area (TPSA) is 66.2 Å². The Balaban J connectivity index is 1.89. The molecule has 3 rings (SSSR count). The van der Waals surface area contributed by atoms with E-state index in [1.807, 2.05) is 37.3 Å². The first-order valence-electron chi connectivity index (χ1n) is 7.16. The number of benzene rings is 1. The second-order valence-electron chi connectivity index (χ2n) is 5.41. The Kier molecular flexibility index (Phi) is 4.32. The first-order valence-corrected chi connectivity index (χ1v) is 7.96. The van der Waals surface area contributed by atoms with Crippen LogP contribution in [0.3, 0.4) is 0 Å². The molecule has 0 saturated carbocycles. The number of carbonyl (C=O) groups excluding carboxylic acids is 1. The highest BCUT2D eigenvalue weighted by Crippen LogP contribution is 2.28. The molecule has 1 aromatic heterocycles. The third-order valence-electron chi connectivity index (χ3n) is 3.86. The van der Waals surface area contributed by atoms with Crippen molar-refractivity contribution in [2.24, 2.45) is 0 Å². The van der Waals surface area contributed by atoms with E-state index in [0.29, 0.717) is 17.8 Å². The first kappa shape index (κ1) is 15.9. The van der Waals surface area contributed by atoms with Crippen molar-refractivity contribution in [3.05, 3.63) is 58.8 Å². The van der Waals surface area contributed by atoms with Gasteiger partial charge in [-0.15, -0.1) is 5.10 Å². The van der Waals surface area contributed by atoms with E-state index >= 15 is 0 Å². The molecule has 1 fully saturated rings. The Hall–Kier alpha value is -1.99. The largest absolute Gasteiger partial charge is 0.445 e. The minimum absolute atomic E-state index is 0.158. The number of rotatable bonds is 5. The molecule has 0 bridgehead atoms. The molecule has 1 atom stereocenters. The summed E-state index contributed by atoms with van der Waals surface area (Å²) in [6, 6.07) is 9.60. The van der Waals surface area contributed by atoms with Gasteiger partial charge in [0.25, 0.3) is 0 Å². The summed E-state index contributed by atoms with van der Waals surface area (Å²) >= 11 is 3.28. The van der Waals surface area contributed by atoms with Crippen molar-refractivity contribution in [1.29, 1.82) is 0 Å². The summed E-state index contributed by atoms with van der Waals surface area (Å²) in [4.78, 5) is 12.6. The molecular weight excluding hydrogens is 362 g/mol. The van der Waals surface area contributed by atoms with E-state index in [1.165, 1.54) is 0 Å². The number of ether oxygens (including phenoxy) is 2. The van der Waals surface area contributed by atoms with E-state index in [1.54, 1.807) is 10.8 Å². The molecular formula is C16H16BrN3O3. The fourth-order valence-electron chi connectivity index (χ4n) is 2.35. The molecule has 2 aromatic rings. The van der Waals surface area contributed by atoms with Crippen LogP contribution in [0.25, 0.3) is 0 Å². The van der Waals surface area contributed by atoms with Crippen molar-refractivity contribution in [1.82, 2.24) is 15.0 Å². The lowest BCUT2D eigenvalue weighted by atomic mass is 10.0. The monoisotopic (exact) mass is 377 g/mol. The molecule has 1 saturated heterocycles. The SMILES string of the molecule is C=CC1(OC(=O)c2c(Br)nnn2[C@H](C)c2ccccc2)COC1. The van der Waals surface area contributed by atoms with E-state index in [2.05, 4.69) is 32.8 Å². The predicted octanol–water partition coefficient (Wildman–Crippen LogP) is 2.76. The maximum absolute atomic E-state index is 12.6. The molecule has 0 spiro atoms. The second kappa shape index (κ2) is 6.25. The quantitative estimate of drug-likeness (QED) is 0.591. The number of carbonyl (C=O) groups is 1. The lowest BCUT2D eigenvalue weighted by Gasteiger charge is -2.37. The Bertz CT molecular complexity index is 725. The lowest BCUT2D eigenvalue weighted by molar-refractivity contribution is -0.152. The van der Waals surface area contributed by atoms with Crippen molar-refractivity contribution in [2.45, 2.75) is 18.6 Å². The molecule has 2 heterocycles. The van der Waals surface area contributed by atoms with Gasteiger partial charge in [-0.05, 0) is 34.5 Å². The van der Waals surface area contributed by atoms with E-state index in [9.17, 15) is 4.79 Å². The summed E-state index contributed by atoms with van der Waals surface area (Å²) in [5.41, 5.74) is 0.528. The molecule has 120 valence electrons. The van der Waals surface area contributed by atoms with Crippen LogP contribution in [-0.4, -0.2) is 39.8 Å². The van der Waals surface area contributed by atoms with Crippen LogP contribution in [0.2, 0.25) is 0 Å². The molecule has 7 heteroatoms. The summed E-state index contributed by atoms with van der Waals surface area (Å²) in [6.07, 6.45) is 1.59. The molecule has 6 nitrogen and oxygen atoms in total. The fourth-order valence-corrected chi connectivity index (χ4v) is 2.76. The predicted molar refractivity (Wildman–Crippen MR) is 87.1 cm³/mol. The van der Waals surface area contributed by atoms with E-state index < -0.39 is 11.6 Å². The number of aromatic nitrogens is 3. The second-order valence-corrected chi connectivity index (χ2v) is 6.16. The van der Waals surface area contributed by atoms with Crippen molar-refractivity contribution in [2.75, 3.05) is 13.2 Å². The highest BCUT2D eigenvalue weighted by atomic mass is 79.9. The maximum Gasteiger partial charge on any atom is 0.360 e. The van der Waals surface area contributed by atoms with Gasteiger partial charge in [-0.25, -0.2) is 9.48 Å². The molecule has 0 radical (unpaired) electrons. The smallest absolute Gasteiger partial charge is 0.360 e. The molecule has 0 amide bonds. The van der Waals surface area contributed by atoms with Gasteiger partial charge in [0.05, 0.1) is 19.3 Å². The molecule has 0 unspecified atom stereocenters. The van der Waals surface area contributed by atoms with Crippen LogP contribution in [0.1, 0.15) is 29.0 Å². The van der Waals surface area contributed by atoms with Crippen LogP contribution in [0.5, 0.6) is 0 Å². The zero-order valence-corrected chi connectivity index (χ0v) is 14.2. The molecule has 0 N–H and O–H groups in total. The van der Waals surface area contributed by atoms with Gasteiger partial charge >= 0.3 is 5.97 Å². The Labute approximate surface area is 142 Å². The Morgan fingerprint density at radius 2 is 2.17 bits per heavy atom. The molecule has 0 aliphatic carbocycles. The van der Waals surface area contributed by atoms with Crippen molar-refractivity contribution in [3.63, 3.8) is 0 Å². The number of hydrogen-bond donors (Lipinski definition) is 0. The summed E-state index contributed by atoms with van der Waals surface area (Å²) in [5.74, 6) is -0.507. The highest BCUT2D eigenvalue weighted by molar-refractivity contribution is 9.10. The average Bonchev–Trinajstić information content (AvgIpc) is 2.92. The standard InChI is InChI=1S/C16H16BrN3O3/c1-3-16(9-22-10-16)23-15(21)13-14(17)18-19-20(13)11(2)12-7-5-4-6-8-12/h3-8,11H,1,9-10H2,2H3/t11-/m1/s1. The Morgan fingerprint density at radius 1 is 1.48 bits per heavy atom. The van der Waals surface area contributed by atoms with Crippen LogP contribution >= 0.6 is 15.9 Å². The maximum atomic E-state index is 12.6. The van der Waals surface area contributed by atoms with E-state index in [0.717, 1.165) is 5.56 Å². The van der Waals surface area contributed by atoms with Crippen LogP contribution in [-0.2, 0) is 9.47 Å². The van der Waals surface area contributed by atoms with Crippen LogP contribution in [0, 0.1) is 0 Å². The zero-order chi connectivity index (χ0) is 16.4. The van der Waals surface area contributed by atoms with Crippen LogP contribution in [0.4, 0.5) is 0 Å². The summed E-state index contributed by atoms with van der Waals surface area (Å²) in [6.45, 7) is 6.29. The number of esters is 1. The summed E-state index contributed by atoms with van der Waals surface area (Å²) in [7, 11) is 0. The van der Waals surface area contributed by atoms with Gasteiger partial charge in [-0.2, -0.15) is 0 Å². The van der Waals surface area contributed by atoms with Gasteiger partial charge in [0.1, 0.15) is 0 Å². The summed E-state index contributed by atoms with van der Waals surface area (Å²) in [5, 5.41) is 8.03. The molecule has 1 aromatic carbocycles. The molecule has 1 aliphatic heterocycles.